The standard InChI is InChI=1S/C6H9N3/c1-3-4-6-5(2)7-9-8-6/h3-4H,1-2H3,(H,7,8,9)/b4-3-. The molecule has 0 atom stereocenters. The Balaban J connectivity index is 2.94. The summed E-state index contributed by atoms with van der Waals surface area (Å²) >= 11 is 0. The Morgan fingerprint density at radius 3 is 2.67 bits per heavy atom. The number of nitrogens with zero attached hydrogens (tertiary/aromatic N) is 2. The van der Waals surface area contributed by atoms with Crippen LogP contribution in [0.5, 0.6) is 0 Å². The molecule has 0 saturated heterocycles. The Morgan fingerprint density at radius 2 is 2.22 bits per heavy atom. The minimum atomic E-state index is 0.914. The predicted octanol–water partition coefficient (Wildman–Crippen LogP) is 1.15. The fraction of sp³-hybridized carbons (Fsp3) is 0.333. The quantitative estimate of drug-likeness (QED) is 0.608. The van der Waals surface area contributed by atoms with Crippen molar-refractivity contribution in [1.82, 2.24) is 15.4 Å². The summed E-state index contributed by atoms with van der Waals surface area (Å²) in [6, 6.07) is 0. The maximum absolute atomic E-state index is 3.88. The molecule has 0 aliphatic carbocycles. The van der Waals surface area contributed by atoms with Gasteiger partial charge in [0.1, 0.15) is 5.69 Å². The van der Waals surface area contributed by atoms with E-state index in [0.29, 0.717) is 0 Å². The summed E-state index contributed by atoms with van der Waals surface area (Å²) in [5.74, 6) is 0. The van der Waals surface area contributed by atoms with Crippen molar-refractivity contribution in [3.8, 4) is 0 Å². The van der Waals surface area contributed by atoms with Gasteiger partial charge in [-0.2, -0.15) is 15.4 Å². The Morgan fingerprint density at radius 1 is 1.44 bits per heavy atom. The lowest BCUT2D eigenvalue weighted by Crippen LogP contribution is -1.73. The number of rotatable bonds is 1. The highest BCUT2D eigenvalue weighted by Crippen LogP contribution is 1.99. The van der Waals surface area contributed by atoms with Gasteiger partial charge in [-0.25, -0.2) is 0 Å². The van der Waals surface area contributed by atoms with E-state index in [0.717, 1.165) is 11.4 Å². The van der Waals surface area contributed by atoms with Crippen molar-refractivity contribution in [3.63, 3.8) is 0 Å². The molecule has 0 saturated carbocycles. The normalized spacial score (nSPS) is 10.9. The summed E-state index contributed by atoms with van der Waals surface area (Å²) in [7, 11) is 0. The van der Waals surface area contributed by atoms with Crippen LogP contribution in [-0.4, -0.2) is 15.4 Å². The summed E-state index contributed by atoms with van der Waals surface area (Å²) in [5, 5.41) is 10.3. The SMILES string of the molecule is C/C=C\c1n[nH]nc1C. The predicted molar refractivity (Wildman–Crippen MR) is 35.8 cm³/mol. The first-order chi connectivity index (χ1) is 4.34. The van der Waals surface area contributed by atoms with E-state index >= 15 is 0 Å². The van der Waals surface area contributed by atoms with Crippen molar-refractivity contribution >= 4 is 6.08 Å². The molecular formula is C6H9N3. The number of H-pyrrole nitrogens is 1. The van der Waals surface area contributed by atoms with Crippen LogP contribution in [0.4, 0.5) is 0 Å². The molecule has 0 aromatic carbocycles. The van der Waals surface area contributed by atoms with E-state index < -0.39 is 0 Å². The van der Waals surface area contributed by atoms with Gasteiger partial charge in [-0.05, 0) is 19.9 Å². The van der Waals surface area contributed by atoms with E-state index in [1.807, 2.05) is 26.0 Å². The van der Waals surface area contributed by atoms with Crippen LogP contribution in [0.15, 0.2) is 6.08 Å². The van der Waals surface area contributed by atoms with E-state index in [1.165, 1.54) is 0 Å². The molecule has 1 N–H and O–H groups in total. The van der Waals surface area contributed by atoms with Gasteiger partial charge in [0.15, 0.2) is 0 Å². The molecule has 0 radical (unpaired) electrons. The largest absolute Gasteiger partial charge is 0.197 e. The van der Waals surface area contributed by atoms with Gasteiger partial charge >= 0.3 is 0 Å². The van der Waals surface area contributed by atoms with E-state index in [-0.39, 0.29) is 0 Å². The Bertz CT molecular complexity index is 212. The van der Waals surface area contributed by atoms with Crippen LogP contribution in [0.1, 0.15) is 18.3 Å². The maximum atomic E-state index is 3.88. The van der Waals surface area contributed by atoms with Crippen molar-refractivity contribution in [2.45, 2.75) is 13.8 Å². The zero-order chi connectivity index (χ0) is 6.69. The number of aryl methyl sites for hydroxylation is 1. The van der Waals surface area contributed by atoms with Gasteiger partial charge in [0.25, 0.3) is 0 Å². The van der Waals surface area contributed by atoms with Crippen LogP contribution in [0, 0.1) is 6.92 Å². The molecule has 1 aromatic rings. The summed E-state index contributed by atoms with van der Waals surface area (Å²) in [5.41, 5.74) is 1.85. The van der Waals surface area contributed by atoms with Gasteiger partial charge in [-0.3, -0.25) is 0 Å². The van der Waals surface area contributed by atoms with Crippen LogP contribution in [0.3, 0.4) is 0 Å². The van der Waals surface area contributed by atoms with Gasteiger partial charge in [0, 0.05) is 0 Å². The minimum Gasteiger partial charge on any atom is -0.197 e. The molecule has 1 heterocycles. The number of nitrogens with one attached hydrogen (secondary N) is 1. The summed E-state index contributed by atoms with van der Waals surface area (Å²) in [6.07, 6.45) is 3.85. The lowest BCUT2D eigenvalue weighted by molar-refractivity contribution is 0.926. The van der Waals surface area contributed by atoms with Gasteiger partial charge in [-0.1, -0.05) is 6.08 Å². The molecule has 0 unspecified atom stereocenters. The Hall–Kier alpha value is -1.12. The zero-order valence-corrected chi connectivity index (χ0v) is 5.55. The number of aromatic nitrogens is 3. The highest BCUT2D eigenvalue weighted by molar-refractivity contribution is 5.45. The number of aromatic amines is 1. The molecule has 0 aliphatic rings. The first kappa shape index (κ1) is 6.01. The molecule has 48 valence electrons. The molecule has 0 fully saturated rings. The highest BCUT2D eigenvalue weighted by Gasteiger charge is 1.94. The van der Waals surface area contributed by atoms with E-state index in [4.69, 9.17) is 0 Å². The third kappa shape index (κ3) is 1.16. The third-order valence-corrected chi connectivity index (χ3v) is 1.08. The average molecular weight is 123 g/mol. The third-order valence-electron chi connectivity index (χ3n) is 1.08. The summed E-state index contributed by atoms with van der Waals surface area (Å²) in [6.45, 7) is 3.87. The van der Waals surface area contributed by atoms with E-state index in [2.05, 4.69) is 15.4 Å². The second-order valence-electron chi connectivity index (χ2n) is 1.79. The molecule has 3 nitrogen and oxygen atoms in total. The number of hydrogen-bond acceptors (Lipinski definition) is 2. The first-order valence-corrected chi connectivity index (χ1v) is 2.84. The average Bonchev–Trinajstić information content (AvgIpc) is 2.18. The highest BCUT2D eigenvalue weighted by atomic mass is 15.3. The van der Waals surface area contributed by atoms with Crippen LogP contribution in [0.2, 0.25) is 0 Å². The van der Waals surface area contributed by atoms with Crippen molar-refractivity contribution in [3.05, 3.63) is 17.5 Å². The van der Waals surface area contributed by atoms with Crippen molar-refractivity contribution in [1.29, 1.82) is 0 Å². The number of allylic oxidation sites excluding steroid dienone is 1. The summed E-state index contributed by atoms with van der Waals surface area (Å²) < 4.78 is 0. The van der Waals surface area contributed by atoms with Crippen LogP contribution in [0.25, 0.3) is 6.08 Å². The van der Waals surface area contributed by atoms with Crippen molar-refractivity contribution < 1.29 is 0 Å². The molecule has 9 heavy (non-hydrogen) atoms. The fourth-order valence-corrected chi connectivity index (χ4v) is 0.608. The monoisotopic (exact) mass is 123 g/mol. The second kappa shape index (κ2) is 2.44. The minimum absolute atomic E-state index is 0.914. The van der Waals surface area contributed by atoms with Crippen molar-refractivity contribution in [2.24, 2.45) is 0 Å². The van der Waals surface area contributed by atoms with Gasteiger partial charge in [0.05, 0.1) is 5.69 Å². The molecule has 0 amide bonds. The maximum Gasteiger partial charge on any atom is 0.108 e. The Labute approximate surface area is 53.8 Å². The van der Waals surface area contributed by atoms with Crippen LogP contribution < -0.4 is 0 Å². The van der Waals surface area contributed by atoms with Crippen LogP contribution >= 0.6 is 0 Å². The van der Waals surface area contributed by atoms with Crippen molar-refractivity contribution in [2.75, 3.05) is 0 Å². The van der Waals surface area contributed by atoms with Gasteiger partial charge < -0.3 is 0 Å². The lowest BCUT2D eigenvalue weighted by atomic mass is 10.3. The van der Waals surface area contributed by atoms with Gasteiger partial charge in [-0.15, -0.1) is 0 Å². The molecule has 1 rings (SSSR count). The molecule has 0 spiro atoms. The second-order valence-corrected chi connectivity index (χ2v) is 1.79. The van der Waals surface area contributed by atoms with E-state index in [9.17, 15) is 0 Å². The molecular weight excluding hydrogens is 114 g/mol. The van der Waals surface area contributed by atoms with E-state index in [1.54, 1.807) is 0 Å². The molecule has 0 bridgehead atoms. The molecule has 0 aliphatic heterocycles. The lowest BCUT2D eigenvalue weighted by Gasteiger charge is -1.79. The summed E-state index contributed by atoms with van der Waals surface area (Å²) in [4.78, 5) is 0. The molecule has 3 heteroatoms. The van der Waals surface area contributed by atoms with Gasteiger partial charge in [0.2, 0.25) is 0 Å². The topological polar surface area (TPSA) is 41.6 Å². The zero-order valence-electron chi connectivity index (χ0n) is 5.55. The smallest absolute Gasteiger partial charge is 0.108 e. The number of hydrogen-bond donors (Lipinski definition) is 1. The molecule has 1 aromatic heterocycles. The van der Waals surface area contributed by atoms with Crippen LogP contribution in [-0.2, 0) is 0 Å². The Kier molecular flexibility index (Phi) is 1.63. The first-order valence-electron chi connectivity index (χ1n) is 2.84. The fourth-order valence-electron chi connectivity index (χ4n) is 0.608.